The van der Waals surface area contributed by atoms with E-state index in [2.05, 4.69) is 11.8 Å². The quantitative estimate of drug-likeness (QED) is 0.777. The Morgan fingerprint density at radius 2 is 1.88 bits per heavy atom. The van der Waals surface area contributed by atoms with Gasteiger partial charge < -0.3 is 10.6 Å². The van der Waals surface area contributed by atoms with E-state index in [1.165, 1.54) is 25.7 Å². The first-order valence-electron chi connectivity index (χ1n) is 6.70. The second-order valence-electron chi connectivity index (χ2n) is 5.64. The smallest absolute Gasteiger partial charge is 0.220 e. The normalized spacial score (nSPS) is 33.8. The van der Waals surface area contributed by atoms with Crippen molar-refractivity contribution < 1.29 is 4.79 Å². The van der Waals surface area contributed by atoms with E-state index >= 15 is 0 Å². The molecule has 3 nitrogen and oxygen atoms in total. The van der Waals surface area contributed by atoms with Gasteiger partial charge in [0.05, 0.1) is 0 Å². The maximum atomic E-state index is 11.1. The highest BCUT2D eigenvalue weighted by molar-refractivity contribution is 5.76. The van der Waals surface area contributed by atoms with Gasteiger partial charge in [0.25, 0.3) is 0 Å². The van der Waals surface area contributed by atoms with Crippen LogP contribution in [0.3, 0.4) is 0 Å². The van der Waals surface area contributed by atoms with Crippen LogP contribution < -0.4 is 5.73 Å². The number of likely N-dealkylation sites (tertiary alicyclic amines) is 1. The standard InChI is InChI=1S/C13H24N2O/c1-10-3-2-4-12(9-10)15-7-5-11(6-8-15)13(14)16/h10-12H,2-9H2,1H3,(H2,14,16)/t10-,12-/m1/s1. The van der Waals surface area contributed by atoms with E-state index in [1.54, 1.807) is 0 Å². The summed E-state index contributed by atoms with van der Waals surface area (Å²) in [4.78, 5) is 13.7. The molecule has 2 aliphatic rings. The Labute approximate surface area is 98.4 Å². The first-order chi connectivity index (χ1) is 7.66. The van der Waals surface area contributed by atoms with Crippen LogP contribution >= 0.6 is 0 Å². The van der Waals surface area contributed by atoms with Crippen molar-refractivity contribution in [3.05, 3.63) is 0 Å². The lowest BCUT2D eigenvalue weighted by Crippen LogP contribution is -2.45. The van der Waals surface area contributed by atoms with E-state index in [9.17, 15) is 4.79 Å². The molecule has 2 rings (SSSR count). The summed E-state index contributed by atoms with van der Waals surface area (Å²) >= 11 is 0. The predicted octanol–water partition coefficient (Wildman–Crippen LogP) is 1.76. The third kappa shape index (κ3) is 2.76. The van der Waals surface area contributed by atoms with Gasteiger partial charge in [0.2, 0.25) is 5.91 Å². The third-order valence-electron chi connectivity index (χ3n) is 4.36. The minimum Gasteiger partial charge on any atom is -0.369 e. The van der Waals surface area contributed by atoms with Gasteiger partial charge >= 0.3 is 0 Å². The zero-order valence-corrected chi connectivity index (χ0v) is 10.3. The highest BCUT2D eigenvalue weighted by atomic mass is 16.1. The van der Waals surface area contributed by atoms with Crippen molar-refractivity contribution in [3.63, 3.8) is 0 Å². The number of nitrogens with two attached hydrogens (primary N) is 1. The average Bonchev–Trinajstić information content (AvgIpc) is 2.29. The molecule has 16 heavy (non-hydrogen) atoms. The molecule has 2 N–H and O–H groups in total. The van der Waals surface area contributed by atoms with E-state index in [4.69, 9.17) is 5.73 Å². The van der Waals surface area contributed by atoms with E-state index < -0.39 is 0 Å². The van der Waals surface area contributed by atoms with E-state index in [0.717, 1.165) is 37.9 Å². The number of carbonyl (C=O) groups excluding carboxylic acids is 1. The molecule has 92 valence electrons. The lowest BCUT2D eigenvalue weighted by Gasteiger charge is -2.40. The number of hydrogen-bond donors (Lipinski definition) is 1. The van der Waals surface area contributed by atoms with Crippen LogP contribution in [-0.2, 0) is 4.79 Å². The van der Waals surface area contributed by atoms with Crippen molar-refractivity contribution in [1.82, 2.24) is 4.90 Å². The van der Waals surface area contributed by atoms with Crippen molar-refractivity contribution in [2.45, 2.75) is 51.5 Å². The van der Waals surface area contributed by atoms with Gasteiger partial charge in [-0.2, -0.15) is 0 Å². The molecule has 1 saturated heterocycles. The monoisotopic (exact) mass is 224 g/mol. The Hall–Kier alpha value is -0.570. The summed E-state index contributed by atoms with van der Waals surface area (Å²) in [7, 11) is 0. The van der Waals surface area contributed by atoms with Gasteiger partial charge in [-0.15, -0.1) is 0 Å². The van der Waals surface area contributed by atoms with Gasteiger partial charge in [-0.05, 0) is 44.7 Å². The fourth-order valence-electron chi connectivity index (χ4n) is 3.28. The first kappa shape index (κ1) is 11.9. The second-order valence-corrected chi connectivity index (χ2v) is 5.64. The lowest BCUT2D eigenvalue weighted by molar-refractivity contribution is -0.123. The highest BCUT2D eigenvalue weighted by Crippen LogP contribution is 2.29. The average molecular weight is 224 g/mol. The molecular formula is C13H24N2O. The van der Waals surface area contributed by atoms with E-state index in [0.29, 0.717) is 0 Å². The highest BCUT2D eigenvalue weighted by Gasteiger charge is 2.29. The van der Waals surface area contributed by atoms with Gasteiger partial charge in [0.1, 0.15) is 0 Å². The number of primary amides is 1. The van der Waals surface area contributed by atoms with E-state index in [1.807, 2.05) is 0 Å². The molecule has 0 aromatic heterocycles. The summed E-state index contributed by atoms with van der Waals surface area (Å²) in [5, 5.41) is 0. The molecular weight excluding hydrogens is 200 g/mol. The van der Waals surface area contributed by atoms with Crippen LogP contribution in [0.25, 0.3) is 0 Å². The third-order valence-corrected chi connectivity index (χ3v) is 4.36. The van der Waals surface area contributed by atoms with Crippen molar-refractivity contribution in [3.8, 4) is 0 Å². The maximum absolute atomic E-state index is 11.1. The van der Waals surface area contributed by atoms with Crippen LogP contribution in [0.1, 0.15) is 45.4 Å². The Morgan fingerprint density at radius 3 is 2.44 bits per heavy atom. The molecule has 0 unspecified atom stereocenters. The number of piperidine rings is 1. The van der Waals surface area contributed by atoms with Gasteiger partial charge in [-0.3, -0.25) is 4.79 Å². The van der Waals surface area contributed by atoms with Gasteiger partial charge in [0.15, 0.2) is 0 Å². The number of nitrogens with zero attached hydrogens (tertiary/aromatic N) is 1. The van der Waals surface area contributed by atoms with Crippen molar-refractivity contribution in [2.24, 2.45) is 17.6 Å². The van der Waals surface area contributed by atoms with Crippen LogP contribution in [0.2, 0.25) is 0 Å². The van der Waals surface area contributed by atoms with Crippen molar-refractivity contribution in [2.75, 3.05) is 13.1 Å². The number of amides is 1. The van der Waals surface area contributed by atoms with Crippen LogP contribution in [-0.4, -0.2) is 29.9 Å². The van der Waals surface area contributed by atoms with Crippen LogP contribution in [0.5, 0.6) is 0 Å². The molecule has 1 heterocycles. The Bertz CT molecular complexity index is 246. The topological polar surface area (TPSA) is 46.3 Å². The fraction of sp³-hybridized carbons (Fsp3) is 0.923. The van der Waals surface area contributed by atoms with Gasteiger partial charge in [0, 0.05) is 12.0 Å². The first-order valence-corrected chi connectivity index (χ1v) is 6.70. The molecule has 0 aromatic rings. The van der Waals surface area contributed by atoms with Crippen LogP contribution in [0.4, 0.5) is 0 Å². The summed E-state index contributed by atoms with van der Waals surface area (Å²) in [5.41, 5.74) is 5.36. The molecule has 0 bridgehead atoms. The Balaban J connectivity index is 1.81. The van der Waals surface area contributed by atoms with Crippen molar-refractivity contribution in [1.29, 1.82) is 0 Å². The molecule has 2 fully saturated rings. The summed E-state index contributed by atoms with van der Waals surface area (Å²) < 4.78 is 0. The molecule has 3 heteroatoms. The predicted molar refractivity (Wildman–Crippen MR) is 64.9 cm³/mol. The molecule has 1 amide bonds. The number of carbonyl (C=O) groups is 1. The van der Waals surface area contributed by atoms with E-state index in [-0.39, 0.29) is 11.8 Å². The minimum atomic E-state index is -0.100. The molecule has 0 radical (unpaired) electrons. The molecule has 1 aliphatic heterocycles. The minimum absolute atomic E-state index is 0.100. The Kier molecular flexibility index (Phi) is 3.85. The van der Waals surface area contributed by atoms with Gasteiger partial charge in [-0.25, -0.2) is 0 Å². The second kappa shape index (κ2) is 5.17. The fourth-order valence-corrected chi connectivity index (χ4v) is 3.28. The molecule has 1 saturated carbocycles. The van der Waals surface area contributed by atoms with Crippen LogP contribution in [0.15, 0.2) is 0 Å². The molecule has 2 atom stereocenters. The van der Waals surface area contributed by atoms with Crippen LogP contribution in [0, 0.1) is 11.8 Å². The Morgan fingerprint density at radius 1 is 1.19 bits per heavy atom. The van der Waals surface area contributed by atoms with Crippen molar-refractivity contribution >= 4 is 5.91 Å². The lowest BCUT2D eigenvalue weighted by atomic mass is 9.84. The summed E-state index contributed by atoms with van der Waals surface area (Å²) in [5.74, 6) is 0.918. The zero-order chi connectivity index (χ0) is 11.5. The SMILES string of the molecule is C[C@@H]1CCC[C@@H](N2CCC(C(N)=O)CC2)C1. The molecule has 1 aliphatic carbocycles. The summed E-state index contributed by atoms with van der Waals surface area (Å²) in [6, 6.07) is 0.776. The van der Waals surface area contributed by atoms with Gasteiger partial charge in [-0.1, -0.05) is 19.8 Å². The maximum Gasteiger partial charge on any atom is 0.220 e. The number of hydrogen-bond acceptors (Lipinski definition) is 2. The zero-order valence-electron chi connectivity index (χ0n) is 10.3. The molecule has 0 aromatic carbocycles. The summed E-state index contributed by atoms with van der Waals surface area (Å²) in [6.45, 7) is 4.51. The molecule has 0 spiro atoms. The number of rotatable bonds is 2. The summed E-state index contributed by atoms with van der Waals surface area (Å²) in [6.07, 6.45) is 7.42. The largest absolute Gasteiger partial charge is 0.369 e.